The third kappa shape index (κ3) is 2.34. The highest BCUT2D eigenvalue weighted by molar-refractivity contribution is 6.07. The summed E-state index contributed by atoms with van der Waals surface area (Å²) in [4.78, 5) is 12.8. The topological polar surface area (TPSA) is 105 Å². The predicted octanol–water partition coefficient (Wildman–Crippen LogP) is 2.18. The van der Waals surface area contributed by atoms with Gasteiger partial charge in [0.15, 0.2) is 17.3 Å². The Morgan fingerprint density at radius 2 is 1.75 bits per heavy atom. The molecule has 1 aliphatic rings. The van der Waals surface area contributed by atoms with Crippen LogP contribution >= 0.6 is 0 Å². The van der Waals surface area contributed by atoms with Crippen LogP contribution in [0.4, 0.5) is 0 Å². The minimum atomic E-state index is -0.752. The number of methoxy groups -OCH3 is 2. The average Bonchev–Trinajstić information content (AvgIpc) is 2.54. The zero-order valence-corrected chi connectivity index (χ0v) is 13.1. The predicted molar refractivity (Wildman–Crippen MR) is 83.5 cm³/mol. The summed E-state index contributed by atoms with van der Waals surface area (Å²) in [6, 6.07) is 5.30. The van der Waals surface area contributed by atoms with E-state index >= 15 is 0 Å². The molecule has 0 spiro atoms. The molecule has 0 bridgehead atoms. The van der Waals surface area contributed by atoms with E-state index in [9.17, 15) is 20.1 Å². The van der Waals surface area contributed by atoms with Crippen LogP contribution in [-0.2, 0) is 0 Å². The standard InChI is InChI=1S/C17H16O7/c1-22-16-9(3-4-11(19)17(16)23-2)10-7-24-13-6-8(18)5-12(20)14(13)15(10)21/h3-6,10,18-20H,7H2,1-2H3/t10-/m1/s1. The average molecular weight is 332 g/mol. The summed E-state index contributed by atoms with van der Waals surface area (Å²) in [6.07, 6.45) is 0. The minimum absolute atomic E-state index is 0.000976. The number of ketones is 1. The van der Waals surface area contributed by atoms with E-state index in [2.05, 4.69) is 0 Å². The Hall–Kier alpha value is -3.09. The molecule has 1 aliphatic heterocycles. The van der Waals surface area contributed by atoms with Crippen LogP contribution in [-0.4, -0.2) is 41.9 Å². The second kappa shape index (κ2) is 5.84. The van der Waals surface area contributed by atoms with Crippen LogP contribution in [0.15, 0.2) is 24.3 Å². The van der Waals surface area contributed by atoms with E-state index in [0.29, 0.717) is 5.56 Å². The lowest BCUT2D eigenvalue weighted by atomic mass is 9.87. The van der Waals surface area contributed by atoms with E-state index in [4.69, 9.17) is 14.2 Å². The van der Waals surface area contributed by atoms with E-state index in [0.717, 1.165) is 6.07 Å². The molecule has 0 amide bonds. The van der Waals surface area contributed by atoms with Crippen molar-refractivity contribution >= 4 is 5.78 Å². The van der Waals surface area contributed by atoms with Crippen LogP contribution in [0.5, 0.6) is 34.5 Å². The zero-order chi connectivity index (χ0) is 17.4. The number of fused-ring (bicyclic) bond motifs is 1. The Balaban J connectivity index is 2.11. The molecule has 3 rings (SSSR count). The van der Waals surface area contributed by atoms with Crippen molar-refractivity contribution in [2.24, 2.45) is 0 Å². The van der Waals surface area contributed by atoms with Gasteiger partial charge in [-0.3, -0.25) is 4.79 Å². The Bertz CT molecular complexity index is 813. The van der Waals surface area contributed by atoms with E-state index < -0.39 is 5.92 Å². The van der Waals surface area contributed by atoms with Gasteiger partial charge in [-0.2, -0.15) is 0 Å². The lowest BCUT2D eigenvalue weighted by molar-refractivity contribution is 0.0889. The summed E-state index contributed by atoms with van der Waals surface area (Å²) < 4.78 is 16.0. The third-order valence-electron chi connectivity index (χ3n) is 3.94. The minimum Gasteiger partial charge on any atom is -0.508 e. The van der Waals surface area contributed by atoms with E-state index in [-0.39, 0.29) is 52.5 Å². The van der Waals surface area contributed by atoms with Gasteiger partial charge >= 0.3 is 0 Å². The van der Waals surface area contributed by atoms with Gasteiger partial charge in [-0.05, 0) is 6.07 Å². The van der Waals surface area contributed by atoms with Crippen LogP contribution in [0.25, 0.3) is 0 Å². The molecule has 0 saturated carbocycles. The van der Waals surface area contributed by atoms with Gasteiger partial charge in [0.25, 0.3) is 0 Å². The SMILES string of the molecule is COc1c(O)ccc([C@H]2COc3cc(O)cc(O)c3C2=O)c1OC. The fourth-order valence-corrected chi connectivity index (χ4v) is 2.85. The molecule has 0 aromatic heterocycles. The quantitative estimate of drug-likeness (QED) is 0.791. The number of ether oxygens (including phenoxy) is 3. The summed E-state index contributed by atoms with van der Waals surface area (Å²) in [7, 11) is 2.78. The second-order valence-corrected chi connectivity index (χ2v) is 5.31. The Kier molecular flexibility index (Phi) is 3.84. The van der Waals surface area contributed by atoms with Crippen LogP contribution in [0.2, 0.25) is 0 Å². The van der Waals surface area contributed by atoms with Crippen molar-refractivity contribution in [2.45, 2.75) is 5.92 Å². The van der Waals surface area contributed by atoms with Gasteiger partial charge in [-0.1, -0.05) is 6.07 Å². The molecule has 1 heterocycles. The summed E-state index contributed by atoms with van der Waals surface area (Å²) >= 11 is 0. The maximum atomic E-state index is 12.8. The van der Waals surface area contributed by atoms with Gasteiger partial charge in [-0.15, -0.1) is 0 Å². The number of Topliss-reactive ketones (excluding diaryl/α,β-unsaturated/α-hetero) is 1. The van der Waals surface area contributed by atoms with E-state index in [1.54, 1.807) is 6.07 Å². The number of carbonyl (C=O) groups is 1. The van der Waals surface area contributed by atoms with Crippen molar-refractivity contribution in [1.82, 2.24) is 0 Å². The first-order valence-electron chi connectivity index (χ1n) is 7.14. The highest BCUT2D eigenvalue weighted by Crippen LogP contribution is 2.46. The van der Waals surface area contributed by atoms with E-state index in [1.165, 1.54) is 26.4 Å². The molecule has 2 aromatic rings. The molecular formula is C17H16O7. The van der Waals surface area contributed by atoms with Crippen LogP contribution in [0.3, 0.4) is 0 Å². The number of carbonyl (C=O) groups excluding carboxylic acids is 1. The van der Waals surface area contributed by atoms with Crippen molar-refractivity contribution in [3.05, 3.63) is 35.4 Å². The van der Waals surface area contributed by atoms with Crippen molar-refractivity contribution in [3.63, 3.8) is 0 Å². The van der Waals surface area contributed by atoms with Gasteiger partial charge in [0.2, 0.25) is 5.75 Å². The van der Waals surface area contributed by atoms with Gasteiger partial charge < -0.3 is 29.5 Å². The number of hydrogen-bond donors (Lipinski definition) is 3. The van der Waals surface area contributed by atoms with Gasteiger partial charge in [0, 0.05) is 17.7 Å². The summed E-state index contributed by atoms with van der Waals surface area (Å²) in [5.41, 5.74) is 0.466. The molecule has 7 heteroatoms. The number of rotatable bonds is 3. The van der Waals surface area contributed by atoms with Crippen molar-refractivity contribution < 1.29 is 34.3 Å². The Morgan fingerprint density at radius 3 is 2.42 bits per heavy atom. The fourth-order valence-electron chi connectivity index (χ4n) is 2.85. The smallest absolute Gasteiger partial charge is 0.203 e. The molecule has 0 fully saturated rings. The molecule has 24 heavy (non-hydrogen) atoms. The lowest BCUT2D eigenvalue weighted by Crippen LogP contribution is -2.26. The molecule has 7 nitrogen and oxygen atoms in total. The first kappa shape index (κ1) is 15.8. The van der Waals surface area contributed by atoms with Gasteiger partial charge in [0.05, 0.1) is 20.1 Å². The highest BCUT2D eigenvalue weighted by atomic mass is 16.5. The Morgan fingerprint density at radius 1 is 1.04 bits per heavy atom. The van der Waals surface area contributed by atoms with Gasteiger partial charge in [0.1, 0.15) is 29.4 Å². The van der Waals surface area contributed by atoms with Crippen LogP contribution < -0.4 is 14.2 Å². The molecule has 0 unspecified atom stereocenters. The zero-order valence-electron chi connectivity index (χ0n) is 13.1. The normalized spacial score (nSPS) is 16.2. The Labute approximate surface area is 137 Å². The lowest BCUT2D eigenvalue weighted by Gasteiger charge is -2.26. The maximum absolute atomic E-state index is 12.8. The summed E-state index contributed by atoms with van der Waals surface area (Å²) in [6.45, 7) is -0.000976. The number of hydrogen-bond acceptors (Lipinski definition) is 7. The maximum Gasteiger partial charge on any atom is 0.203 e. The molecule has 0 radical (unpaired) electrons. The monoisotopic (exact) mass is 332 g/mol. The number of benzene rings is 2. The summed E-state index contributed by atoms with van der Waals surface area (Å²) in [5, 5.41) is 29.3. The van der Waals surface area contributed by atoms with Crippen molar-refractivity contribution in [2.75, 3.05) is 20.8 Å². The first-order chi connectivity index (χ1) is 11.5. The van der Waals surface area contributed by atoms with Crippen LogP contribution in [0.1, 0.15) is 21.8 Å². The molecule has 0 aliphatic carbocycles. The van der Waals surface area contributed by atoms with E-state index in [1.807, 2.05) is 0 Å². The molecule has 126 valence electrons. The molecule has 1 atom stereocenters. The summed E-state index contributed by atoms with van der Waals surface area (Å²) in [5.74, 6) is -1.33. The van der Waals surface area contributed by atoms with Crippen molar-refractivity contribution in [3.8, 4) is 34.5 Å². The largest absolute Gasteiger partial charge is 0.508 e. The number of phenolic OH excluding ortho intramolecular Hbond substituents is 3. The highest BCUT2D eigenvalue weighted by Gasteiger charge is 2.35. The van der Waals surface area contributed by atoms with Crippen LogP contribution in [0, 0.1) is 0 Å². The molecular weight excluding hydrogens is 316 g/mol. The number of aromatic hydroxyl groups is 3. The molecule has 2 aromatic carbocycles. The third-order valence-corrected chi connectivity index (χ3v) is 3.94. The fraction of sp³-hybridized carbons (Fsp3) is 0.235. The number of phenols is 3. The molecule has 0 saturated heterocycles. The van der Waals surface area contributed by atoms with Crippen molar-refractivity contribution in [1.29, 1.82) is 0 Å². The second-order valence-electron chi connectivity index (χ2n) is 5.31. The first-order valence-corrected chi connectivity index (χ1v) is 7.14. The molecule has 3 N–H and O–H groups in total. The van der Waals surface area contributed by atoms with Gasteiger partial charge in [-0.25, -0.2) is 0 Å².